The van der Waals surface area contributed by atoms with E-state index in [1.54, 1.807) is 0 Å². The first kappa shape index (κ1) is 15.4. The predicted octanol–water partition coefficient (Wildman–Crippen LogP) is 4.06. The Bertz CT molecular complexity index is 383. The summed E-state index contributed by atoms with van der Waals surface area (Å²) in [5.41, 5.74) is 2.79. The van der Waals surface area contributed by atoms with Crippen LogP contribution >= 0.6 is 0 Å². The van der Waals surface area contributed by atoms with Gasteiger partial charge in [-0.05, 0) is 48.9 Å². The monoisotopic (exact) mass is 274 g/mol. The first-order valence-electron chi connectivity index (χ1n) is 8.23. The number of anilines is 1. The van der Waals surface area contributed by atoms with Crippen LogP contribution in [0.25, 0.3) is 0 Å². The molecule has 1 aromatic carbocycles. The maximum Gasteiger partial charge on any atom is 0.0366 e. The summed E-state index contributed by atoms with van der Waals surface area (Å²) in [5.74, 6) is 1.63. The van der Waals surface area contributed by atoms with Crippen LogP contribution < -0.4 is 10.2 Å². The fraction of sp³-hybridized carbons (Fsp3) is 0.667. The van der Waals surface area contributed by atoms with Gasteiger partial charge in [-0.3, -0.25) is 0 Å². The van der Waals surface area contributed by atoms with Crippen molar-refractivity contribution in [3.63, 3.8) is 0 Å². The number of hydrogen-bond donors (Lipinski definition) is 1. The Kier molecular flexibility index (Phi) is 5.90. The average Bonchev–Trinajstić information content (AvgIpc) is 2.88. The number of hydrogen-bond acceptors (Lipinski definition) is 2. The van der Waals surface area contributed by atoms with Crippen LogP contribution in [0.15, 0.2) is 24.3 Å². The Morgan fingerprint density at radius 2 is 2.00 bits per heavy atom. The smallest absolute Gasteiger partial charge is 0.0366 e. The van der Waals surface area contributed by atoms with Crippen LogP contribution in [0, 0.1) is 11.8 Å². The average molecular weight is 274 g/mol. The normalized spacial score (nSPS) is 19.0. The molecule has 1 aliphatic heterocycles. The van der Waals surface area contributed by atoms with Gasteiger partial charge in [0, 0.05) is 25.3 Å². The van der Waals surface area contributed by atoms with Crippen LogP contribution in [-0.4, -0.2) is 19.6 Å². The van der Waals surface area contributed by atoms with Gasteiger partial charge in [-0.25, -0.2) is 0 Å². The van der Waals surface area contributed by atoms with Crippen LogP contribution in [0.2, 0.25) is 0 Å². The number of nitrogens with one attached hydrogen (secondary N) is 1. The topological polar surface area (TPSA) is 15.3 Å². The van der Waals surface area contributed by atoms with Crippen molar-refractivity contribution < 1.29 is 0 Å². The summed E-state index contributed by atoms with van der Waals surface area (Å²) in [6, 6.07) is 9.13. The van der Waals surface area contributed by atoms with E-state index in [0.29, 0.717) is 0 Å². The fourth-order valence-corrected chi connectivity index (χ4v) is 3.04. The van der Waals surface area contributed by atoms with Gasteiger partial charge in [0.2, 0.25) is 0 Å². The van der Waals surface area contributed by atoms with Crippen molar-refractivity contribution in [2.75, 3.05) is 24.5 Å². The molecule has 1 fully saturated rings. The Labute approximate surface area is 124 Å². The van der Waals surface area contributed by atoms with Gasteiger partial charge < -0.3 is 10.2 Å². The molecule has 2 rings (SSSR count). The maximum absolute atomic E-state index is 3.50. The SMILES string of the molecule is CCCC1CCN(c2ccc(CNCC(C)C)cc2)C1. The molecule has 0 bridgehead atoms. The molecule has 1 unspecified atom stereocenters. The molecule has 0 saturated carbocycles. The largest absolute Gasteiger partial charge is 0.371 e. The van der Waals surface area contributed by atoms with Crippen molar-refractivity contribution in [2.24, 2.45) is 11.8 Å². The van der Waals surface area contributed by atoms with Gasteiger partial charge in [-0.15, -0.1) is 0 Å². The molecule has 1 aromatic rings. The van der Waals surface area contributed by atoms with Gasteiger partial charge in [-0.1, -0.05) is 39.3 Å². The van der Waals surface area contributed by atoms with Crippen LogP contribution in [0.4, 0.5) is 5.69 Å². The molecule has 112 valence electrons. The van der Waals surface area contributed by atoms with E-state index in [0.717, 1.165) is 24.9 Å². The zero-order valence-electron chi connectivity index (χ0n) is 13.4. The Morgan fingerprint density at radius 1 is 1.25 bits per heavy atom. The molecule has 1 saturated heterocycles. The lowest BCUT2D eigenvalue weighted by molar-refractivity contribution is 0.530. The van der Waals surface area contributed by atoms with Gasteiger partial charge in [-0.2, -0.15) is 0 Å². The number of rotatable bonds is 7. The highest BCUT2D eigenvalue weighted by Gasteiger charge is 2.21. The van der Waals surface area contributed by atoms with Crippen molar-refractivity contribution >= 4 is 5.69 Å². The van der Waals surface area contributed by atoms with E-state index < -0.39 is 0 Å². The minimum atomic E-state index is 0.717. The molecule has 20 heavy (non-hydrogen) atoms. The summed E-state index contributed by atoms with van der Waals surface area (Å²) in [5, 5.41) is 3.50. The van der Waals surface area contributed by atoms with Crippen molar-refractivity contribution in [3.05, 3.63) is 29.8 Å². The summed E-state index contributed by atoms with van der Waals surface area (Å²) >= 11 is 0. The molecule has 1 atom stereocenters. The van der Waals surface area contributed by atoms with Crippen molar-refractivity contribution in [2.45, 2.75) is 46.6 Å². The van der Waals surface area contributed by atoms with Gasteiger partial charge in [0.1, 0.15) is 0 Å². The third-order valence-corrected chi connectivity index (χ3v) is 4.17. The van der Waals surface area contributed by atoms with Gasteiger partial charge in [0.15, 0.2) is 0 Å². The van der Waals surface area contributed by atoms with Crippen LogP contribution in [0.3, 0.4) is 0 Å². The Hall–Kier alpha value is -1.02. The zero-order chi connectivity index (χ0) is 14.4. The van der Waals surface area contributed by atoms with Crippen LogP contribution in [-0.2, 0) is 6.54 Å². The third-order valence-electron chi connectivity index (χ3n) is 4.17. The lowest BCUT2D eigenvalue weighted by Gasteiger charge is -2.19. The van der Waals surface area contributed by atoms with E-state index >= 15 is 0 Å². The molecule has 0 spiro atoms. The standard InChI is InChI=1S/C18H30N2/c1-4-5-17-10-11-20(14-17)18-8-6-16(7-9-18)13-19-12-15(2)3/h6-9,15,17,19H,4-5,10-14H2,1-3H3. The molecule has 0 aromatic heterocycles. The highest BCUT2D eigenvalue weighted by molar-refractivity contribution is 5.48. The highest BCUT2D eigenvalue weighted by atomic mass is 15.1. The Morgan fingerprint density at radius 3 is 2.65 bits per heavy atom. The quantitative estimate of drug-likeness (QED) is 0.806. The van der Waals surface area contributed by atoms with E-state index in [2.05, 4.69) is 55.3 Å². The van der Waals surface area contributed by atoms with Crippen molar-refractivity contribution in [1.82, 2.24) is 5.32 Å². The molecule has 1 heterocycles. The summed E-state index contributed by atoms with van der Waals surface area (Å²) in [7, 11) is 0. The minimum absolute atomic E-state index is 0.717. The van der Waals surface area contributed by atoms with E-state index in [1.807, 2.05) is 0 Å². The summed E-state index contributed by atoms with van der Waals surface area (Å²) in [6.07, 6.45) is 4.07. The minimum Gasteiger partial charge on any atom is -0.371 e. The predicted molar refractivity (Wildman–Crippen MR) is 88.2 cm³/mol. The summed E-state index contributed by atoms with van der Waals surface area (Å²) in [4.78, 5) is 2.55. The van der Waals surface area contributed by atoms with Crippen LogP contribution in [0.5, 0.6) is 0 Å². The highest BCUT2D eigenvalue weighted by Crippen LogP contribution is 2.26. The first-order chi connectivity index (χ1) is 9.69. The van der Waals surface area contributed by atoms with E-state index in [-0.39, 0.29) is 0 Å². The molecule has 2 nitrogen and oxygen atoms in total. The van der Waals surface area contributed by atoms with E-state index in [1.165, 1.54) is 43.6 Å². The number of benzene rings is 1. The second-order valence-corrected chi connectivity index (χ2v) is 6.58. The van der Waals surface area contributed by atoms with E-state index in [9.17, 15) is 0 Å². The second-order valence-electron chi connectivity index (χ2n) is 6.58. The zero-order valence-corrected chi connectivity index (χ0v) is 13.4. The molecule has 0 amide bonds. The molecule has 1 N–H and O–H groups in total. The molecular formula is C18H30N2. The number of nitrogens with zero attached hydrogens (tertiary/aromatic N) is 1. The molecular weight excluding hydrogens is 244 g/mol. The van der Waals surface area contributed by atoms with Crippen molar-refractivity contribution in [3.8, 4) is 0 Å². The lowest BCUT2D eigenvalue weighted by atomic mass is 10.0. The summed E-state index contributed by atoms with van der Waals surface area (Å²) in [6.45, 7) is 11.3. The molecule has 2 heteroatoms. The second kappa shape index (κ2) is 7.68. The first-order valence-corrected chi connectivity index (χ1v) is 8.23. The van der Waals surface area contributed by atoms with Crippen molar-refractivity contribution in [1.29, 1.82) is 0 Å². The van der Waals surface area contributed by atoms with Gasteiger partial charge in [0.25, 0.3) is 0 Å². The Balaban J connectivity index is 1.82. The maximum atomic E-state index is 3.50. The lowest BCUT2D eigenvalue weighted by Crippen LogP contribution is -2.20. The van der Waals surface area contributed by atoms with Crippen LogP contribution in [0.1, 0.15) is 45.6 Å². The third kappa shape index (κ3) is 4.52. The van der Waals surface area contributed by atoms with E-state index in [4.69, 9.17) is 0 Å². The molecule has 1 aliphatic rings. The van der Waals surface area contributed by atoms with Gasteiger partial charge >= 0.3 is 0 Å². The van der Waals surface area contributed by atoms with Gasteiger partial charge in [0.05, 0.1) is 0 Å². The fourth-order valence-electron chi connectivity index (χ4n) is 3.04. The molecule has 0 radical (unpaired) electrons. The molecule has 0 aliphatic carbocycles. The summed E-state index contributed by atoms with van der Waals surface area (Å²) < 4.78 is 0.